The zero-order valence-corrected chi connectivity index (χ0v) is 11.1. The van der Waals surface area contributed by atoms with Crippen LogP contribution in [0.2, 0.25) is 0 Å². The Morgan fingerprint density at radius 1 is 1.11 bits per heavy atom. The molecular weight excluding hydrogens is 232 g/mol. The van der Waals surface area contributed by atoms with E-state index in [-0.39, 0.29) is 0 Å². The summed E-state index contributed by atoms with van der Waals surface area (Å²) in [6.45, 7) is 2.96. The number of rotatable bonds is 8. The van der Waals surface area contributed by atoms with Crippen LogP contribution >= 0.6 is 0 Å². The molecule has 0 aliphatic carbocycles. The second-order valence-electron chi connectivity index (χ2n) is 3.97. The van der Waals surface area contributed by atoms with Crippen LogP contribution < -0.4 is 16.4 Å². The molecule has 18 heavy (non-hydrogen) atoms. The minimum atomic E-state index is 0.363. The first-order valence-electron chi connectivity index (χ1n) is 5.94. The Morgan fingerprint density at radius 2 is 1.83 bits per heavy atom. The van der Waals surface area contributed by atoms with Crippen LogP contribution in [-0.4, -0.2) is 45.5 Å². The third-order valence-corrected chi connectivity index (χ3v) is 2.61. The van der Waals surface area contributed by atoms with E-state index < -0.39 is 0 Å². The van der Waals surface area contributed by atoms with Gasteiger partial charge >= 0.3 is 0 Å². The minimum Gasteiger partial charge on any atom is -0.396 e. The molecule has 102 valence electrons. The first-order valence-corrected chi connectivity index (χ1v) is 5.94. The topological polar surface area (TPSA) is 86.6 Å². The van der Waals surface area contributed by atoms with Gasteiger partial charge in [-0.1, -0.05) is 0 Å². The van der Waals surface area contributed by atoms with E-state index in [1.54, 1.807) is 20.3 Å². The third-order valence-electron chi connectivity index (χ3n) is 2.61. The molecule has 1 aromatic heterocycles. The van der Waals surface area contributed by atoms with Crippen LogP contribution in [-0.2, 0) is 9.47 Å². The minimum absolute atomic E-state index is 0.363. The molecule has 1 aromatic rings. The molecular formula is C12H22N4O2. The number of nitrogen functional groups attached to an aromatic ring is 2. The lowest BCUT2D eigenvalue weighted by molar-refractivity contribution is 0.191. The van der Waals surface area contributed by atoms with Crippen LogP contribution in [0.25, 0.3) is 0 Å². The fraction of sp³-hybridized carbons (Fsp3) is 0.583. The summed E-state index contributed by atoms with van der Waals surface area (Å²) in [5.41, 5.74) is 11.9. The Balaban J connectivity index is 2.70. The number of hydrogen-bond acceptors (Lipinski definition) is 6. The van der Waals surface area contributed by atoms with Gasteiger partial charge in [0.1, 0.15) is 11.6 Å². The SMILES string of the molecule is COCCCN(CCOC)c1ccc(N)c(N)n1. The van der Waals surface area contributed by atoms with Crippen molar-refractivity contribution in [1.82, 2.24) is 4.98 Å². The molecule has 0 saturated heterocycles. The normalized spacial score (nSPS) is 10.6. The van der Waals surface area contributed by atoms with Crippen molar-refractivity contribution in [2.45, 2.75) is 6.42 Å². The van der Waals surface area contributed by atoms with Crippen LogP contribution in [0.3, 0.4) is 0 Å². The fourth-order valence-electron chi connectivity index (χ4n) is 1.59. The molecule has 0 aliphatic rings. The van der Waals surface area contributed by atoms with Gasteiger partial charge in [0, 0.05) is 33.9 Å². The summed E-state index contributed by atoms with van der Waals surface area (Å²) in [4.78, 5) is 6.40. The van der Waals surface area contributed by atoms with Crippen molar-refractivity contribution in [2.24, 2.45) is 0 Å². The van der Waals surface area contributed by atoms with Gasteiger partial charge < -0.3 is 25.8 Å². The Kier molecular flexibility index (Phi) is 6.24. The molecule has 0 saturated carbocycles. The van der Waals surface area contributed by atoms with Crippen molar-refractivity contribution in [2.75, 3.05) is 56.9 Å². The highest BCUT2D eigenvalue weighted by molar-refractivity contribution is 5.62. The average Bonchev–Trinajstić information content (AvgIpc) is 2.37. The lowest BCUT2D eigenvalue weighted by atomic mass is 10.3. The molecule has 0 aliphatic heterocycles. The highest BCUT2D eigenvalue weighted by atomic mass is 16.5. The standard InChI is InChI=1S/C12H22N4O2/c1-17-8-3-6-16(7-9-18-2)11-5-4-10(13)12(14)15-11/h4-5H,3,6-9,13H2,1-2H3,(H2,14,15). The van der Waals surface area contributed by atoms with E-state index in [1.165, 1.54) is 0 Å². The maximum Gasteiger partial charge on any atom is 0.149 e. The highest BCUT2D eigenvalue weighted by Gasteiger charge is 2.09. The summed E-state index contributed by atoms with van der Waals surface area (Å²) in [7, 11) is 3.37. The predicted molar refractivity (Wildman–Crippen MR) is 73.6 cm³/mol. The number of pyridine rings is 1. The Labute approximate surface area is 108 Å². The smallest absolute Gasteiger partial charge is 0.149 e. The van der Waals surface area contributed by atoms with Gasteiger partial charge in [-0.2, -0.15) is 0 Å². The summed E-state index contributed by atoms with van der Waals surface area (Å²) < 4.78 is 10.1. The van der Waals surface area contributed by atoms with E-state index >= 15 is 0 Å². The summed E-state index contributed by atoms with van der Waals surface area (Å²) in [5.74, 6) is 1.18. The van der Waals surface area contributed by atoms with Gasteiger partial charge in [0.15, 0.2) is 0 Å². The number of methoxy groups -OCH3 is 2. The summed E-state index contributed by atoms with van der Waals surface area (Å²) >= 11 is 0. The van der Waals surface area contributed by atoms with Gasteiger partial charge in [0.05, 0.1) is 12.3 Å². The molecule has 0 unspecified atom stereocenters. The largest absolute Gasteiger partial charge is 0.396 e. The van der Waals surface area contributed by atoms with Crippen LogP contribution in [0.15, 0.2) is 12.1 Å². The van der Waals surface area contributed by atoms with E-state index in [4.69, 9.17) is 20.9 Å². The molecule has 0 bridgehead atoms. The van der Waals surface area contributed by atoms with Gasteiger partial charge in [0.2, 0.25) is 0 Å². The maximum absolute atomic E-state index is 5.72. The number of nitrogens with two attached hydrogens (primary N) is 2. The molecule has 0 fully saturated rings. The van der Waals surface area contributed by atoms with Gasteiger partial charge in [-0.25, -0.2) is 4.98 Å². The number of anilines is 3. The van der Waals surface area contributed by atoms with E-state index in [1.807, 2.05) is 6.07 Å². The molecule has 6 heteroatoms. The van der Waals surface area contributed by atoms with Gasteiger partial charge in [-0.05, 0) is 18.6 Å². The number of aromatic nitrogens is 1. The Bertz CT molecular complexity index is 360. The summed E-state index contributed by atoms with van der Waals surface area (Å²) in [5, 5.41) is 0. The van der Waals surface area contributed by atoms with Crippen LogP contribution in [0.1, 0.15) is 6.42 Å². The lowest BCUT2D eigenvalue weighted by Gasteiger charge is -2.23. The number of hydrogen-bond donors (Lipinski definition) is 2. The average molecular weight is 254 g/mol. The second-order valence-corrected chi connectivity index (χ2v) is 3.97. The van der Waals surface area contributed by atoms with Crippen molar-refractivity contribution in [3.63, 3.8) is 0 Å². The van der Waals surface area contributed by atoms with E-state index in [9.17, 15) is 0 Å². The van der Waals surface area contributed by atoms with Crippen molar-refractivity contribution in [1.29, 1.82) is 0 Å². The summed E-state index contributed by atoms with van der Waals surface area (Å²) in [6.07, 6.45) is 0.923. The van der Waals surface area contributed by atoms with Crippen molar-refractivity contribution < 1.29 is 9.47 Å². The third kappa shape index (κ3) is 4.38. The zero-order valence-electron chi connectivity index (χ0n) is 11.1. The molecule has 0 radical (unpaired) electrons. The predicted octanol–water partition coefficient (Wildman–Crippen LogP) is 0.735. The summed E-state index contributed by atoms with van der Waals surface area (Å²) in [6, 6.07) is 3.64. The van der Waals surface area contributed by atoms with Gasteiger partial charge in [-0.15, -0.1) is 0 Å². The van der Waals surface area contributed by atoms with E-state index in [0.29, 0.717) is 24.7 Å². The Morgan fingerprint density at radius 3 is 2.44 bits per heavy atom. The van der Waals surface area contributed by atoms with Crippen LogP contribution in [0, 0.1) is 0 Å². The lowest BCUT2D eigenvalue weighted by Crippen LogP contribution is -2.30. The molecule has 4 N–H and O–H groups in total. The maximum atomic E-state index is 5.72. The molecule has 1 rings (SSSR count). The quantitative estimate of drug-likeness (QED) is 0.665. The molecule has 0 aromatic carbocycles. The van der Waals surface area contributed by atoms with Crippen LogP contribution in [0.5, 0.6) is 0 Å². The number of nitrogens with zero attached hydrogens (tertiary/aromatic N) is 2. The first-order chi connectivity index (χ1) is 8.69. The van der Waals surface area contributed by atoms with E-state index in [0.717, 1.165) is 25.3 Å². The fourth-order valence-corrected chi connectivity index (χ4v) is 1.59. The molecule has 0 atom stereocenters. The van der Waals surface area contributed by atoms with Crippen molar-refractivity contribution in [3.8, 4) is 0 Å². The first kappa shape index (κ1) is 14.5. The van der Waals surface area contributed by atoms with E-state index in [2.05, 4.69) is 9.88 Å². The van der Waals surface area contributed by atoms with Crippen LogP contribution in [0.4, 0.5) is 17.3 Å². The number of ether oxygens (including phenoxy) is 2. The Hall–Kier alpha value is -1.53. The molecule has 0 amide bonds. The molecule has 6 nitrogen and oxygen atoms in total. The van der Waals surface area contributed by atoms with Crippen molar-refractivity contribution >= 4 is 17.3 Å². The van der Waals surface area contributed by atoms with Gasteiger partial charge in [0.25, 0.3) is 0 Å². The van der Waals surface area contributed by atoms with Crippen molar-refractivity contribution in [3.05, 3.63) is 12.1 Å². The second kappa shape index (κ2) is 7.73. The molecule has 0 spiro atoms. The van der Waals surface area contributed by atoms with Gasteiger partial charge in [-0.3, -0.25) is 0 Å². The zero-order chi connectivity index (χ0) is 13.4. The monoisotopic (exact) mass is 254 g/mol. The highest BCUT2D eigenvalue weighted by Crippen LogP contribution is 2.18. The molecule has 1 heterocycles.